The molecular formula is C17H18N+. The molecule has 2 heterocycles. The van der Waals surface area contributed by atoms with Crippen LogP contribution in [0.2, 0.25) is 0 Å². The molecule has 0 amide bonds. The van der Waals surface area contributed by atoms with Crippen LogP contribution >= 0.6 is 0 Å². The van der Waals surface area contributed by atoms with Crippen molar-refractivity contribution in [2.24, 2.45) is 0 Å². The van der Waals surface area contributed by atoms with Crippen LogP contribution in [0.1, 0.15) is 30.5 Å². The number of fused-ring (bicyclic) bond motifs is 3. The third-order valence-corrected chi connectivity index (χ3v) is 3.80. The molecule has 1 aromatic carbocycles. The summed E-state index contributed by atoms with van der Waals surface area (Å²) in [6.07, 6.45) is 4.36. The van der Waals surface area contributed by atoms with Crippen LogP contribution in [0.25, 0.3) is 16.8 Å². The van der Waals surface area contributed by atoms with Crippen LogP contribution in [0.15, 0.2) is 42.6 Å². The summed E-state index contributed by atoms with van der Waals surface area (Å²) < 4.78 is 2.33. The summed E-state index contributed by atoms with van der Waals surface area (Å²) in [6, 6.07) is 11.0. The Bertz CT molecular complexity index is 651. The Kier molecular flexibility index (Phi) is 2.55. The fourth-order valence-electron chi connectivity index (χ4n) is 2.75. The highest BCUT2D eigenvalue weighted by Gasteiger charge is 2.28. The van der Waals surface area contributed by atoms with Gasteiger partial charge >= 0.3 is 0 Å². The molecular weight excluding hydrogens is 218 g/mol. The zero-order valence-corrected chi connectivity index (χ0v) is 11.2. The number of allylic oxidation sites excluding steroid dienone is 2. The molecule has 0 unspecified atom stereocenters. The van der Waals surface area contributed by atoms with E-state index in [0.717, 1.165) is 6.54 Å². The van der Waals surface area contributed by atoms with Gasteiger partial charge in [-0.05, 0) is 49.6 Å². The lowest BCUT2D eigenvalue weighted by molar-refractivity contribution is -0.672. The predicted molar refractivity (Wildman–Crippen MR) is 75.2 cm³/mol. The van der Waals surface area contributed by atoms with Gasteiger partial charge in [-0.15, -0.1) is 0 Å². The van der Waals surface area contributed by atoms with Gasteiger partial charge in [0.25, 0.3) is 0 Å². The smallest absolute Gasteiger partial charge is 0.194 e. The average Bonchev–Trinajstić information content (AvgIpc) is 2.75. The van der Waals surface area contributed by atoms with Gasteiger partial charge in [0.15, 0.2) is 12.7 Å². The van der Waals surface area contributed by atoms with Crippen LogP contribution in [0, 0.1) is 6.92 Å². The van der Waals surface area contributed by atoms with E-state index < -0.39 is 0 Å². The third kappa shape index (κ3) is 1.59. The van der Waals surface area contributed by atoms with Gasteiger partial charge in [-0.2, -0.15) is 4.57 Å². The van der Waals surface area contributed by atoms with E-state index in [4.69, 9.17) is 0 Å². The van der Waals surface area contributed by atoms with Gasteiger partial charge in [0.2, 0.25) is 5.69 Å². The molecule has 0 bridgehead atoms. The molecule has 0 radical (unpaired) electrons. The van der Waals surface area contributed by atoms with Gasteiger partial charge in [-0.1, -0.05) is 12.1 Å². The summed E-state index contributed by atoms with van der Waals surface area (Å²) in [7, 11) is 0. The number of rotatable bonds is 1. The maximum absolute atomic E-state index is 2.33. The summed E-state index contributed by atoms with van der Waals surface area (Å²) in [4.78, 5) is 0. The molecule has 0 N–H and O–H groups in total. The van der Waals surface area contributed by atoms with E-state index in [9.17, 15) is 0 Å². The molecule has 1 aromatic heterocycles. The molecule has 0 saturated carbocycles. The summed E-state index contributed by atoms with van der Waals surface area (Å²) >= 11 is 0. The number of hydrogen-bond donors (Lipinski definition) is 0. The number of benzene rings is 1. The maximum Gasteiger partial charge on any atom is 0.213 e. The second-order valence-electron chi connectivity index (χ2n) is 5.02. The van der Waals surface area contributed by atoms with Gasteiger partial charge in [0, 0.05) is 17.7 Å². The first-order valence-electron chi connectivity index (χ1n) is 6.46. The first kappa shape index (κ1) is 11.2. The molecule has 1 aliphatic rings. The highest BCUT2D eigenvalue weighted by molar-refractivity contribution is 5.76. The molecule has 0 atom stereocenters. The minimum Gasteiger partial charge on any atom is -0.194 e. The molecule has 1 aliphatic heterocycles. The quantitative estimate of drug-likeness (QED) is 0.567. The van der Waals surface area contributed by atoms with Gasteiger partial charge in [0.1, 0.15) is 0 Å². The lowest BCUT2D eigenvalue weighted by Gasteiger charge is -2.07. The van der Waals surface area contributed by atoms with Crippen LogP contribution in [0.4, 0.5) is 0 Å². The Morgan fingerprint density at radius 2 is 2.11 bits per heavy atom. The molecule has 2 aromatic rings. The van der Waals surface area contributed by atoms with Crippen LogP contribution in [0.5, 0.6) is 0 Å². The lowest BCUT2D eigenvalue weighted by Crippen LogP contribution is -2.31. The van der Waals surface area contributed by atoms with Gasteiger partial charge < -0.3 is 0 Å². The van der Waals surface area contributed by atoms with E-state index in [1.807, 2.05) is 0 Å². The van der Waals surface area contributed by atoms with E-state index in [-0.39, 0.29) is 0 Å². The molecule has 0 aliphatic carbocycles. The van der Waals surface area contributed by atoms with Crippen molar-refractivity contribution in [2.75, 3.05) is 0 Å². The Morgan fingerprint density at radius 3 is 2.89 bits per heavy atom. The van der Waals surface area contributed by atoms with Crippen molar-refractivity contribution in [1.29, 1.82) is 0 Å². The average molecular weight is 236 g/mol. The fraction of sp³-hybridized carbons (Fsp3) is 0.235. The minimum absolute atomic E-state index is 0.992. The number of hydrogen-bond acceptors (Lipinski definition) is 0. The highest BCUT2D eigenvalue weighted by atomic mass is 15.0. The number of nitrogens with zero attached hydrogens (tertiary/aromatic N) is 1. The van der Waals surface area contributed by atoms with E-state index in [0.29, 0.717) is 0 Å². The Labute approximate surface area is 108 Å². The highest BCUT2D eigenvalue weighted by Crippen LogP contribution is 2.33. The van der Waals surface area contributed by atoms with Crippen molar-refractivity contribution in [1.82, 2.24) is 0 Å². The van der Waals surface area contributed by atoms with E-state index in [1.165, 1.54) is 33.5 Å². The maximum atomic E-state index is 2.33. The van der Waals surface area contributed by atoms with Gasteiger partial charge in [0.05, 0.1) is 5.56 Å². The summed E-state index contributed by atoms with van der Waals surface area (Å²) in [6.45, 7) is 7.48. The molecule has 0 fully saturated rings. The zero-order valence-electron chi connectivity index (χ0n) is 11.2. The second-order valence-corrected chi connectivity index (χ2v) is 5.02. The zero-order chi connectivity index (χ0) is 12.7. The summed E-state index contributed by atoms with van der Waals surface area (Å²) in [5.41, 5.74) is 8.29. The lowest BCUT2D eigenvalue weighted by atomic mass is 9.94. The first-order chi connectivity index (χ1) is 8.70. The topological polar surface area (TPSA) is 3.88 Å². The molecule has 18 heavy (non-hydrogen) atoms. The SMILES string of the molecule is CC=C(C)c1cc(C)cc2c1C[n+]1ccccc1-2. The summed E-state index contributed by atoms with van der Waals surface area (Å²) in [5, 5.41) is 0. The van der Waals surface area contributed by atoms with Gasteiger partial charge in [-0.3, -0.25) is 0 Å². The molecule has 1 heteroatoms. The molecule has 0 spiro atoms. The Hall–Kier alpha value is -1.89. The van der Waals surface area contributed by atoms with Crippen molar-refractivity contribution < 1.29 is 4.57 Å². The molecule has 3 rings (SSSR count). The standard InChI is InChI=1S/C17H18N/c1-4-13(3)14-9-12(2)10-15-16(14)11-18-8-6-5-7-17(15)18/h4-10H,11H2,1-3H3/q+1. The van der Waals surface area contributed by atoms with Crippen LogP contribution in [-0.4, -0.2) is 0 Å². The van der Waals surface area contributed by atoms with E-state index >= 15 is 0 Å². The number of aromatic nitrogens is 1. The summed E-state index contributed by atoms with van der Waals surface area (Å²) in [5.74, 6) is 0. The largest absolute Gasteiger partial charge is 0.213 e. The fourth-order valence-corrected chi connectivity index (χ4v) is 2.75. The van der Waals surface area contributed by atoms with Crippen molar-refractivity contribution in [3.63, 3.8) is 0 Å². The van der Waals surface area contributed by atoms with Crippen molar-refractivity contribution >= 4 is 5.57 Å². The minimum atomic E-state index is 0.992. The monoisotopic (exact) mass is 236 g/mol. The molecule has 0 saturated heterocycles. The molecule has 1 nitrogen and oxygen atoms in total. The molecule has 90 valence electrons. The van der Waals surface area contributed by atoms with Crippen molar-refractivity contribution in [3.05, 3.63) is 59.3 Å². The van der Waals surface area contributed by atoms with Crippen LogP contribution < -0.4 is 4.57 Å². The number of aryl methyl sites for hydroxylation is 1. The number of pyridine rings is 1. The van der Waals surface area contributed by atoms with Crippen molar-refractivity contribution in [3.8, 4) is 11.3 Å². The second kappa shape index (κ2) is 4.09. The van der Waals surface area contributed by atoms with E-state index in [1.54, 1.807) is 0 Å². The van der Waals surface area contributed by atoms with Crippen molar-refractivity contribution in [2.45, 2.75) is 27.3 Å². The Morgan fingerprint density at radius 1 is 1.28 bits per heavy atom. The normalized spacial score (nSPS) is 13.4. The van der Waals surface area contributed by atoms with Crippen LogP contribution in [-0.2, 0) is 6.54 Å². The third-order valence-electron chi connectivity index (χ3n) is 3.80. The van der Waals surface area contributed by atoms with E-state index in [2.05, 4.69) is 67.9 Å². The Balaban J connectivity index is 2.29. The van der Waals surface area contributed by atoms with Crippen LogP contribution in [0.3, 0.4) is 0 Å². The first-order valence-corrected chi connectivity index (χ1v) is 6.46. The predicted octanol–water partition coefficient (Wildman–Crippen LogP) is 3.73. The van der Waals surface area contributed by atoms with Gasteiger partial charge in [-0.25, -0.2) is 0 Å².